The third-order valence-corrected chi connectivity index (χ3v) is 3.58. The highest BCUT2D eigenvalue weighted by atomic mass is 32.2. The molecular formula is C12H23N3OS. The van der Waals surface area contributed by atoms with E-state index in [9.17, 15) is 0 Å². The highest BCUT2D eigenvalue weighted by Gasteiger charge is 2.04. The molecule has 0 bridgehead atoms. The van der Waals surface area contributed by atoms with Crippen molar-refractivity contribution in [1.82, 2.24) is 15.1 Å². The predicted octanol–water partition coefficient (Wildman–Crippen LogP) is 1.19. The minimum atomic E-state index is 0.302. The number of thioether (sulfide) groups is 1. The van der Waals surface area contributed by atoms with Gasteiger partial charge in [-0.25, -0.2) is 0 Å². The number of aryl methyl sites for hydroxylation is 2. The van der Waals surface area contributed by atoms with Gasteiger partial charge in [-0.05, 0) is 18.6 Å². The number of aliphatic hydroxyl groups excluding tert-OH is 1. The zero-order valence-corrected chi connectivity index (χ0v) is 11.6. The maximum atomic E-state index is 8.64. The summed E-state index contributed by atoms with van der Waals surface area (Å²) in [6.45, 7) is 4.35. The first-order valence-electron chi connectivity index (χ1n) is 6.18. The van der Waals surface area contributed by atoms with Gasteiger partial charge in [0.05, 0.1) is 5.69 Å². The Morgan fingerprint density at radius 1 is 1.47 bits per heavy atom. The Bertz CT molecular complexity index is 315. The van der Waals surface area contributed by atoms with Gasteiger partial charge in [0.2, 0.25) is 0 Å². The summed E-state index contributed by atoms with van der Waals surface area (Å²) in [5.41, 5.74) is 2.49. The van der Waals surface area contributed by atoms with Gasteiger partial charge in [-0.2, -0.15) is 16.9 Å². The monoisotopic (exact) mass is 257 g/mol. The van der Waals surface area contributed by atoms with E-state index in [1.54, 1.807) is 0 Å². The van der Waals surface area contributed by atoms with Crippen LogP contribution in [0.3, 0.4) is 0 Å². The highest BCUT2D eigenvalue weighted by Crippen LogP contribution is 2.06. The largest absolute Gasteiger partial charge is 0.396 e. The maximum Gasteiger partial charge on any atom is 0.0666 e. The first-order chi connectivity index (χ1) is 8.27. The Hall–Kier alpha value is -0.520. The Kier molecular flexibility index (Phi) is 7.32. The lowest BCUT2D eigenvalue weighted by Crippen LogP contribution is -2.17. The first kappa shape index (κ1) is 14.5. The summed E-state index contributed by atoms with van der Waals surface area (Å²) in [6.07, 6.45) is 3.97. The van der Waals surface area contributed by atoms with Crippen molar-refractivity contribution in [2.75, 3.05) is 24.7 Å². The van der Waals surface area contributed by atoms with Crippen molar-refractivity contribution in [2.45, 2.75) is 26.3 Å². The lowest BCUT2D eigenvalue weighted by atomic mass is 10.2. The van der Waals surface area contributed by atoms with Gasteiger partial charge in [-0.15, -0.1) is 0 Å². The molecule has 98 valence electrons. The molecule has 0 aliphatic carbocycles. The van der Waals surface area contributed by atoms with E-state index in [0.29, 0.717) is 6.61 Å². The highest BCUT2D eigenvalue weighted by molar-refractivity contribution is 7.99. The third-order valence-electron chi connectivity index (χ3n) is 2.51. The van der Waals surface area contributed by atoms with Crippen molar-refractivity contribution in [3.8, 4) is 0 Å². The number of nitrogens with zero attached hydrogens (tertiary/aromatic N) is 2. The van der Waals surface area contributed by atoms with E-state index in [0.717, 1.165) is 37.4 Å². The lowest BCUT2D eigenvalue weighted by Gasteiger charge is -2.04. The van der Waals surface area contributed by atoms with Gasteiger partial charge in [-0.1, -0.05) is 6.92 Å². The molecular weight excluding hydrogens is 234 g/mol. The van der Waals surface area contributed by atoms with Crippen LogP contribution in [-0.2, 0) is 20.0 Å². The average Bonchev–Trinajstić information content (AvgIpc) is 2.68. The summed E-state index contributed by atoms with van der Waals surface area (Å²) in [5.74, 6) is 2.15. The second kappa shape index (κ2) is 8.55. The number of rotatable bonds is 9. The van der Waals surface area contributed by atoms with Crippen LogP contribution in [0.2, 0.25) is 0 Å². The van der Waals surface area contributed by atoms with Gasteiger partial charge in [-0.3, -0.25) is 4.68 Å². The Morgan fingerprint density at radius 3 is 3.00 bits per heavy atom. The summed E-state index contributed by atoms with van der Waals surface area (Å²) in [4.78, 5) is 0. The number of aromatic nitrogens is 2. The average molecular weight is 257 g/mol. The number of hydrogen-bond acceptors (Lipinski definition) is 4. The van der Waals surface area contributed by atoms with E-state index in [-0.39, 0.29) is 0 Å². The van der Waals surface area contributed by atoms with Crippen LogP contribution in [0.1, 0.15) is 24.6 Å². The molecule has 0 atom stereocenters. The molecule has 0 unspecified atom stereocenters. The molecule has 0 aliphatic heterocycles. The topological polar surface area (TPSA) is 50.1 Å². The van der Waals surface area contributed by atoms with Crippen LogP contribution in [0.25, 0.3) is 0 Å². The fourth-order valence-electron chi connectivity index (χ4n) is 1.67. The van der Waals surface area contributed by atoms with Crippen LogP contribution < -0.4 is 5.32 Å². The van der Waals surface area contributed by atoms with Crippen molar-refractivity contribution in [3.05, 3.63) is 17.5 Å². The smallest absolute Gasteiger partial charge is 0.0666 e. The molecule has 1 aromatic heterocycles. The van der Waals surface area contributed by atoms with Crippen LogP contribution in [0.4, 0.5) is 0 Å². The molecule has 1 rings (SSSR count). The van der Waals surface area contributed by atoms with Crippen molar-refractivity contribution in [2.24, 2.45) is 7.05 Å². The number of aliphatic hydroxyl groups is 1. The Balaban J connectivity index is 2.13. The maximum absolute atomic E-state index is 8.64. The van der Waals surface area contributed by atoms with E-state index in [4.69, 9.17) is 5.11 Å². The van der Waals surface area contributed by atoms with Crippen LogP contribution >= 0.6 is 11.8 Å². The molecule has 0 amide bonds. The molecule has 0 spiro atoms. The molecule has 0 aliphatic rings. The van der Waals surface area contributed by atoms with Crippen LogP contribution in [0, 0.1) is 0 Å². The van der Waals surface area contributed by atoms with E-state index < -0.39 is 0 Å². The summed E-state index contributed by atoms with van der Waals surface area (Å²) < 4.78 is 1.88. The van der Waals surface area contributed by atoms with Crippen LogP contribution in [0.15, 0.2) is 6.20 Å². The second-order valence-corrected chi connectivity index (χ2v) is 5.22. The van der Waals surface area contributed by atoms with E-state index in [2.05, 4.69) is 23.5 Å². The molecule has 4 nitrogen and oxygen atoms in total. The van der Waals surface area contributed by atoms with Crippen LogP contribution in [0.5, 0.6) is 0 Å². The standard InChI is InChI=1S/C12H23N3OS/c1-3-12-11(10-15(2)14-12)9-13-5-8-17-7-4-6-16/h10,13,16H,3-9H2,1-2H3. The Labute approximate surface area is 108 Å². The van der Waals surface area contributed by atoms with Gasteiger partial charge >= 0.3 is 0 Å². The zero-order chi connectivity index (χ0) is 12.5. The molecule has 17 heavy (non-hydrogen) atoms. The van der Waals surface area contributed by atoms with Gasteiger partial charge in [0.15, 0.2) is 0 Å². The number of hydrogen-bond donors (Lipinski definition) is 2. The molecule has 2 N–H and O–H groups in total. The molecule has 0 aromatic carbocycles. The molecule has 1 heterocycles. The predicted molar refractivity (Wildman–Crippen MR) is 73.3 cm³/mol. The fourth-order valence-corrected chi connectivity index (χ4v) is 2.49. The van der Waals surface area contributed by atoms with Crippen molar-refractivity contribution >= 4 is 11.8 Å². The summed E-state index contributed by atoms with van der Waals surface area (Å²) >= 11 is 1.88. The first-order valence-corrected chi connectivity index (χ1v) is 7.34. The lowest BCUT2D eigenvalue weighted by molar-refractivity contribution is 0.296. The molecule has 1 aromatic rings. The van der Waals surface area contributed by atoms with E-state index >= 15 is 0 Å². The quantitative estimate of drug-likeness (QED) is 0.653. The van der Waals surface area contributed by atoms with Gasteiger partial charge in [0.1, 0.15) is 0 Å². The minimum Gasteiger partial charge on any atom is -0.396 e. The normalized spacial score (nSPS) is 11.0. The van der Waals surface area contributed by atoms with Gasteiger partial charge < -0.3 is 10.4 Å². The minimum absolute atomic E-state index is 0.302. The van der Waals surface area contributed by atoms with E-state index in [1.807, 2.05) is 23.5 Å². The van der Waals surface area contributed by atoms with Crippen molar-refractivity contribution in [3.63, 3.8) is 0 Å². The third kappa shape index (κ3) is 5.57. The number of nitrogens with one attached hydrogen (secondary N) is 1. The fraction of sp³-hybridized carbons (Fsp3) is 0.750. The second-order valence-electron chi connectivity index (χ2n) is 3.99. The summed E-state index contributed by atoms with van der Waals surface area (Å²) in [7, 11) is 1.97. The van der Waals surface area contributed by atoms with E-state index in [1.165, 1.54) is 11.3 Å². The van der Waals surface area contributed by atoms with Gasteiger partial charge in [0.25, 0.3) is 0 Å². The summed E-state index contributed by atoms with van der Waals surface area (Å²) in [5, 5.41) is 16.5. The van der Waals surface area contributed by atoms with Crippen molar-refractivity contribution in [1.29, 1.82) is 0 Å². The van der Waals surface area contributed by atoms with Crippen molar-refractivity contribution < 1.29 is 5.11 Å². The molecule has 0 saturated heterocycles. The Morgan fingerprint density at radius 2 is 2.29 bits per heavy atom. The molecule has 0 fully saturated rings. The molecule has 0 saturated carbocycles. The zero-order valence-electron chi connectivity index (χ0n) is 10.8. The summed E-state index contributed by atoms with van der Waals surface area (Å²) in [6, 6.07) is 0. The molecule has 5 heteroatoms. The van der Waals surface area contributed by atoms with Crippen LogP contribution in [-0.4, -0.2) is 39.5 Å². The molecule has 0 radical (unpaired) electrons. The van der Waals surface area contributed by atoms with Gasteiger partial charge in [0, 0.05) is 44.3 Å². The SMILES string of the molecule is CCc1nn(C)cc1CNCCSCCCO.